The standard InChI is InChI=1S/2C24H21.C6H11BN2O2.2ClH.Hf/c2*1-2-9-19-12-6-7-14-22(19)23-15-8-13-20-16-21(17-24(20)23)18-10-4-3-5-11-18;1-3-5(10)8-7-9-6(11)4-2;;;/h2*3-8,10-17H,2,9H2,1H3;3-4H2,1-2H3,(H-,8,9,10,11);2*1H;/q;;;;;+1/p-1. The van der Waals surface area contributed by atoms with Gasteiger partial charge in [-0.1, -0.05) is 0 Å². The van der Waals surface area contributed by atoms with Gasteiger partial charge in [0.15, 0.2) is 0 Å². The van der Waals surface area contributed by atoms with Crippen LogP contribution in [-0.4, -0.2) is 16.4 Å². The van der Waals surface area contributed by atoms with E-state index in [0.717, 1.165) is 81.3 Å². The molecule has 4 nitrogen and oxygen atoms in total. The van der Waals surface area contributed by atoms with Crippen LogP contribution in [0.25, 0.3) is 45.6 Å². The van der Waals surface area contributed by atoms with Crippen LogP contribution in [0.5, 0.6) is 0 Å². The fraction of sp³-hybridized carbons (Fsp3) is 0.222. The number of carbonyl (C=O) groups excluding carboxylic acids is 2. The van der Waals surface area contributed by atoms with Crippen molar-refractivity contribution in [2.45, 2.75) is 73.6 Å². The molecule has 2 amide bonds. The van der Waals surface area contributed by atoms with Gasteiger partial charge in [0.25, 0.3) is 0 Å². The van der Waals surface area contributed by atoms with Gasteiger partial charge in [0.2, 0.25) is 0 Å². The third-order valence-electron chi connectivity index (χ3n) is 12.9. The van der Waals surface area contributed by atoms with E-state index in [1.54, 1.807) is 0 Å². The van der Waals surface area contributed by atoms with E-state index in [1.165, 1.54) is 22.3 Å². The average Bonchev–Trinajstić information content (AvgIpc) is 3.92. The predicted octanol–water partition coefficient (Wildman–Crippen LogP) is 13.9. The Hall–Kier alpha value is -4.74. The summed E-state index contributed by atoms with van der Waals surface area (Å²) in [5.74, 6) is -0.459. The number of amides is 2. The summed E-state index contributed by atoms with van der Waals surface area (Å²) in [7, 11) is 18.3. The average molecular weight is 1020 g/mol. The van der Waals surface area contributed by atoms with Crippen molar-refractivity contribution >= 4 is 56.8 Å². The van der Waals surface area contributed by atoms with Crippen molar-refractivity contribution in [1.82, 2.24) is 10.5 Å². The van der Waals surface area contributed by atoms with E-state index in [2.05, 4.69) is 170 Å². The topological polar surface area (TPSA) is 58.2 Å². The van der Waals surface area contributed by atoms with Crippen molar-refractivity contribution in [3.63, 3.8) is 0 Å². The van der Waals surface area contributed by atoms with Gasteiger partial charge in [-0.2, -0.15) is 0 Å². The molecule has 2 aliphatic rings. The minimum atomic E-state index is -6.51. The molecule has 62 heavy (non-hydrogen) atoms. The predicted molar refractivity (Wildman–Crippen MR) is 260 cm³/mol. The van der Waals surface area contributed by atoms with Gasteiger partial charge in [0, 0.05) is 0 Å². The van der Waals surface area contributed by atoms with Crippen LogP contribution in [0.15, 0.2) is 146 Å². The van der Waals surface area contributed by atoms with Crippen LogP contribution < -0.4 is 10.5 Å². The van der Waals surface area contributed by atoms with E-state index in [0.29, 0.717) is 0 Å². The normalized spacial score (nSPS) is 16.0. The second kappa shape index (κ2) is 18.5. The van der Waals surface area contributed by atoms with E-state index < -0.39 is 27.8 Å². The van der Waals surface area contributed by atoms with Crippen LogP contribution in [0.1, 0.15) is 105 Å². The third-order valence-corrected chi connectivity index (χ3v) is 41.0. The number of rotatable bonds is 15. The van der Waals surface area contributed by atoms with Gasteiger partial charge in [-0.15, -0.1) is 0 Å². The van der Waals surface area contributed by atoms with Crippen molar-refractivity contribution in [2.75, 3.05) is 0 Å². The van der Waals surface area contributed by atoms with Crippen molar-refractivity contribution in [2.24, 2.45) is 0 Å². The first-order chi connectivity index (χ1) is 30.1. The Labute approximate surface area is 376 Å². The molecule has 0 saturated heterocycles. The molecule has 2 unspecified atom stereocenters. The van der Waals surface area contributed by atoms with Gasteiger partial charge in [-0.3, -0.25) is 0 Å². The molecule has 0 saturated carbocycles. The van der Waals surface area contributed by atoms with Crippen LogP contribution >= 0.6 is 17.2 Å². The molecular formula is C54H54BCl2HfN2O2. The van der Waals surface area contributed by atoms with Crippen LogP contribution in [0, 0.1) is 0 Å². The molecule has 313 valence electrons. The van der Waals surface area contributed by atoms with E-state index in [9.17, 15) is 9.59 Å². The van der Waals surface area contributed by atoms with Gasteiger partial charge in [0.05, 0.1) is 0 Å². The molecule has 2 aliphatic carbocycles. The SMILES string of the molecule is CCCc1ccccc1-c1cccc2c1C=C(c1ccccc1)[CH]2[Hf]([Cl])([Cl])([B](NC(=O)CC)NC(=O)CC)[CH]1C(c2ccccc2)=Cc2c(-c3ccccc3CCC)cccc21. The Kier molecular flexibility index (Phi) is 13.1. The van der Waals surface area contributed by atoms with Gasteiger partial charge >= 0.3 is 379 Å². The first-order valence-corrected chi connectivity index (χ1v) is 37.4. The van der Waals surface area contributed by atoms with Gasteiger partial charge in [-0.05, 0) is 0 Å². The molecule has 8 heteroatoms. The van der Waals surface area contributed by atoms with Crippen molar-refractivity contribution in [3.05, 3.63) is 190 Å². The molecule has 0 fully saturated rings. The Balaban J connectivity index is 1.50. The summed E-state index contributed by atoms with van der Waals surface area (Å²) in [5.41, 5.74) is 15.3. The van der Waals surface area contributed by atoms with E-state index >= 15 is 0 Å². The number of aryl methyl sites for hydroxylation is 2. The first-order valence-electron chi connectivity index (χ1n) is 22.2. The summed E-state index contributed by atoms with van der Waals surface area (Å²) >= 11 is -6.51. The number of allylic oxidation sites excluding steroid dienone is 2. The van der Waals surface area contributed by atoms with Crippen molar-refractivity contribution < 1.29 is 25.5 Å². The van der Waals surface area contributed by atoms with Crippen molar-refractivity contribution in [3.8, 4) is 22.3 Å². The number of benzene rings is 6. The van der Waals surface area contributed by atoms with Gasteiger partial charge in [0.1, 0.15) is 0 Å². The van der Waals surface area contributed by atoms with E-state index in [4.69, 9.17) is 17.2 Å². The Morgan fingerprint density at radius 2 is 0.871 bits per heavy atom. The maximum atomic E-state index is 14.0. The summed E-state index contributed by atoms with van der Waals surface area (Å²) < 4.78 is -2.18. The summed E-state index contributed by atoms with van der Waals surface area (Å²) in [6, 6.07) is 51.1. The molecule has 2 atom stereocenters. The molecule has 0 heterocycles. The molecule has 0 bridgehead atoms. The molecule has 0 radical (unpaired) electrons. The number of hydrogen-bond acceptors (Lipinski definition) is 2. The zero-order chi connectivity index (χ0) is 43.5. The Bertz CT molecular complexity index is 2520. The fourth-order valence-corrected chi connectivity index (χ4v) is 38.5. The molecule has 6 aromatic carbocycles. The minimum absolute atomic E-state index is 0.196. The summed E-state index contributed by atoms with van der Waals surface area (Å²) in [6.45, 7) is 8.07. The van der Waals surface area contributed by atoms with E-state index in [1.807, 2.05) is 26.0 Å². The molecule has 0 aromatic heterocycles. The zero-order valence-corrected chi connectivity index (χ0v) is 41.2. The third kappa shape index (κ3) is 7.93. The van der Waals surface area contributed by atoms with Crippen LogP contribution in [0.4, 0.5) is 0 Å². The quantitative estimate of drug-likeness (QED) is 0.101. The van der Waals surface area contributed by atoms with Crippen LogP contribution in [0.2, 0.25) is 0 Å². The molecule has 0 spiro atoms. The van der Waals surface area contributed by atoms with E-state index in [-0.39, 0.29) is 24.7 Å². The molecular weight excluding hydrogens is 969 g/mol. The monoisotopic (exact) mass is 1020 g/mol. The van der Waals surface area contributed by atoms with Gasteiger partial charge < -0.3 is 0 Å². The fourth-order valence-electron chi connectivity index (χ4n) is 10.1. The van der Waals surface area contributed by atoms with Gasteiger partial charge in [-0.25, -0.2) is 0 Å². The number of nitrogens with one attached hydrogen (secondary N) is 2. The molecule has 2 N–H and O–H groups in total. The summed E-state index contributed by atoms with van der Waals surface area (Å²) in [6.07, 6.45) is 8.90. The maximum absolute atomic E-state index is 14.0. The zero-order valence-electron chi connectivity index (χ0n) is 36.1. The second-order valence-electron chi connectivity index (χ2n) is 16.7. The summed E-state index contributed by atoms with van der Waals surface area (Å²) in [5, 5.41) is 6.65. The first kappa shape index (κ1) is 43.9. The second-order valence-corrected chi connectivity index (χ2v) is 47.2. The molecule has 0 aliphatic heterocycles. The van der Waals surface area contributed by atoms with Crippen molar-refractivity contribution in [1.29, 1.82) is 0 Å². The Morgan fingerprint density at radius 3 is 1.26 bits per heavy atom. The number of fused-ring (bicyclic) bond motifs is 2. The molecule has 6 aromatic rings. The molecule has 8 rings (SSSR count). The number of halogens is 2. The Morgan fingerprint density at radius 1 is 0.500 bits per heavy atom. The number of carbonyl (C=O) groups is 2. The van der Waals surface area contributed by atoms with Crippen LogP contribution in [-0.2, 0) is 38.3 Å². The number of hydrogen-bond donors (Lipinski definition) is 2. The summed E-state index contributed by atoms with van der Waals surface area (Å²) in [4.78, 5) is 28.0. The van der Waals surface area contributed by atoms with Crippen LogP contribution in [0.3, 0.4) is 0 Å².